The third kappa shape index (κ3) is 6.84. The Kier molecular flexibility index (Phi) is 8.33. The number of nitrogens with zero attached hydrogens (tertiary/aromatic N) is 3. The fourth-order valence-electron chi connectivity index (χ4n) is 3.40. The van der Waals surface area contributed by atoms with Gasteiger partial charge in [0, 0.05) is 26.7 Å². The molecule has 3 rings (SSSR count). The van der Waals surface area contributed by atoms with Gasteiger partial charge < -0.3 is 14.1 Å². The summed E-state index contributed by atoms with van der Waals surface area (Å²) >= 11 is 0. The highest BCUT2D eigenvalue weighted by molar-refractivity contribution is 5.91. The van der Waals surface area contributed by atoms with Crippen molar-refractivity contribution in [1.82, 2.24) is 14.8 Å². The van der Waals surface area contributed by atoms with Gasteiger partial charge >= 0.3 is 6.18 Å². The van der Waals surface area contributed by atoms with Crippen LogP contribution in [0, 0.1) is 0 Å². The summed E-state index contributed by atoms with van der Waals surface area (Å²) in [6.07, 6.45) is -3.11. The van der Waals surface area contributed by atoms with E-state index in [4.69, 9.17) is 9.15 Å². The highest BCUT2D eigenvalue weighted by Crippen LogP contribution is 2.30. The molecule has 0 unspecified atom stereocenters. The van der Waals surface area contributed by atoms with Crippen molar-refractivity contribution in [1.29, 1.82) is 0 Å². The van der Waals surface area contributed by atoms with Gasteiger partial charge in [0.15, 0.2) is 5.69 Å². The molecule has 0 atom stereocenters. The number of rotatable bonds is 10. The molecule has 1 amide bonds. The minimum atomic E-state index is -4.42. The Morgan fingerprint density at radius 1 is 1.03 bits per heavy atom. The van der Waals surface area contributed by atoms with E-state index in [1.165, 1.54) is 17.2 Å². The lowest BCUT2D eigenvalue weighted by atomic mass is 10.1. The normalized spacial score (nSPS) is 11.6. The van der Waals surface area contributed by atoms with Crippen molar-refractivity contribution in [2.45, 2.75) is 39.7 Å². The van der Waals surface area contributed by atoms with Gasteiger partial charge in [-0.25, -0.2) is 4.98 Å². The van der Waals surface area contributed by atoms with Crippen LogP contribution in [0.25, 0.3) is 0 Å². The van der Waals surface area contributed by atoms with Crippen molar-refractivity contribution < 1.29 is 27.1 Å². The number of benzene rings is 2. The van der Waals surface area contributed by atoms with Crippen LogP contribution in [0.2, 0.25) is 0 Å². The molecule has 2 aromatic carbocycles. The molecule has 0 N–H and O–H groups in total. The number of carbonyl (C=O) groups is 1. The van der Waals surface area contributed by atoms with Crippen LogP contribution in [0.15, 0.2) is 59.2 Å². The van der Waals surface area contributed by atoms with Gasteiger partial charge in [0.2, 0.25) is 5.89 Å². The van der Waals surface area contributed by atoms with E-state index in [1.54, 1.807) is 13.1 Å². The largest absolute Gasteiger partial charge is 0.494 e. The maximum Gasteiger partial charge on any atom is 0.416 e. The Bertz CT molecular complexity index is 1080. The fourth-order valence-corrected chi connectivity index (χ4v) is 3.40. The summed E-state index contributed by atoms with van der Waals surface area (Å²) in [6, 6.07) is 12.8. The zero-order valence-electron chi connectivity index (χ0n) is 19.4. The Hall–Kier alpha value is -3.33. The molecule has 9 heteroatoms. The first-order valence-corrected chi connectivity index (χ1v) is 11.0. The lowest BCUT2D eigenvalue weighted by Crippen LogP contribution is -2.26. The molecular formula is C25H28F3N3O3. The predicted molar refractivity (Wildman–Crippen MR) is 121 cm³/mol. The standard InChI is InChI=1S/C25H28F3N3O3/c1-4-30(3)24(32)22-17-34-23(29-22)16-31(14-18-9-11-21(12-10-18)33-5-2)15-19-7-6-8-20(13-19)25(26,27)28/h6-13,17H,4-5,14-16H2,1-3H3. The summed E-state index contributed by atoms with van der Waals surface area (Å²) in [7, 11) is 1.67. The minimum absolute atomic E-state index is 0.194. The second-order valence-electron chi connectivity index (χ2n) is 7.87. The summed E-state index contributed by atoms with van der Waals surface area (Å²) in [4.78, 5) is 20.1. The van der Waals surface area contributed by atoms with Crippen molar-refractivity contribution in [2.75, 3.05) is 20.2 Å². The van der Waals surface area contributed by atoms with Crippen LogP contribution >= 0.6 is 0 Å². The summed E-state index contributed by atoms with van der Waals surface area (Å²) in [6.45, 7) is 5.72. The van der Waals surface area contributed by atoms with Gasteiger partial charge in [0.1, 0.15) is 12.0 Å². The van der Waals surface area contributed by atoms with Crippen LogP contribution in [0.3, 0.4) is 0 Å². The fraction of sp³-hybridized carbons (Fsp3) is 0.360. The molecule has 0 bridgehead atoms. The van der Waals surface area contributed by atoms with E-state index >= 15 is 0 Å². The van der Waals surface area contributed by atoms with Gasteiger partial charge in [0.25, 0.3) is 5.91 Å². The van der Waals surface area contributed by atoms with Crippen LogP contribution in [0.4, 0.5) is 13.2 Å². The zero-order chi connectivity index (χ0) is 24.7. The number of amides is 1. The molecule has 0 aliphatic heterocycles. The van der Waals surface area contributed by atoms with E-state index in [2.05, 4.69) is 4.98 Å². The topological polar surface area (TPSA) is 58.8 Å². The van der Waals surface area contributed by atoms with Crippen molar-refractivity contribution in [3.05, 3.63) is 83.1 Å². The maximum absolute atomic E-state index is 13.2. The average Bonchev–Trinajstić information content (AvgIpc) is 3.27. The molecule has 182 valence electrons. The Morgan fingerprint density at radius 3 is 2.38 bits per heavy atom. The van der Waals surface area contributed by atoms with E-state index in [9.17, 15) is 18.0 Å². The number of aromatic nitrogens is 1. The van der Waals surface area contributed by atoms with Crippen LogP contribution in [0.5, 0.6) is 5.75 Å². The second kappa shape index (κ2) is 11.2. The van der Waals surface area contributed by atoms with E-state index in [-0.39, 0.29) is 24.7 Å². The monoisotopic (exact) mass is 475 g/mol. The van der Waals surface area contributed by atoms with Gasteiger partial charge in [-0.2, -0.15) is 13.2 Å². The smallest absolute Gasteiger partial charge is 0.416 e. The van der Waals surface area contributed by atoms with Crippen molar-refractivity contribution >= 4 is 5.91 Å². The molecular weight excluding hydrogens is 447 g/mol. The Balaban J connectivity index is 1.82. The predicted octanol–water partition coefficient (Wildman–Crippen LogP) is 5.39. The number of hydrogen-bond acceptors (Lipinski definition) is 5. The maximum atomic E-state index is 13.2. The molecule has 0 fully saturated rings. The molecule has 3 aromatic rings. The number of alkyl halides is 3. The number of carbonyl (C=O) groups excluding carboxylic acids is 1. The molecule has 1 heterocycles. The first-order chi connectivity index (χ1) is 16.2. The molecule has 0 saturated carbocycles. The Labute approximate surface area is 197 Å². The molecule has 0 radical (unpaired) electrons. The third-order valence-electron chi connectivity index (χ3n) is 5.25. The first-order valence-electron chi connectivity index (χ1n) is 11.0. The van der Waals surface area contributed by atoms with Gasteiger partial charge in [-0.3, -0.25) is 9.69 Å². The molecule has 0 spiro atoms. The van der Waals surface area contributed by atoms with E-state index in [1.807, 2.05) is 43.0 Å². The highest BCUT2D eigenvalue weighted by Gasteiger charge is 2.30. The summed E-state index contributed by atoms with van der Waals surface area (Å²) < 4.78 is 50.5. The van der Waals surface area contributed by atoms with Gasteiger partial charge in [-0.05, 0) is 43.2 Å². The molecule has 0 aliphatic rings. The summed E-state index contributed by atoms with van der Waals surface area (Å²) in [5.74, 6) is 0.797. The van der Waals surface area contributed by atoms with Crippen LogP contribution in [-0.2, 0) is 25.8 Å². The van der Waals surface area contributed by atoms with Gasteiger partial charge in [0.05, 0.1) is 18.7 Å². The van der Waals surface area contributed by atoms with Crippen LogP contribution in [-0.4, -0.2) is 40.9 Å². The second-order valence-corrected chi connectivity index (χ2v) is 7.87. The van der Waals surface area contributed by atoms with Crippen molar-refractivity contribution in [3.8, 4) is 5.75 Å². The highest BCUT2D eigenvalue weighted by atomic mass is 19.4. The van der Waals surface area contributed by atoms with Crippen LogP contribution < -0.4 is 4.74 Å². The number of oxazole rings is 1. The molecule has 1 aromatic heterocycles. The molecule has 0 saturated heterocycles. The van der Waals surface area contributed by atoms with Crippen molar-refractivity contribution in [3.63, 3.8) is 0 Å². The molecule has 34 heavy (non-hydrogen) atoms. The molecule has 6 nitrogen and oxygen atoms in total. The van der Waals surface area contributed by atoms with Gasteiger partial charge in [-0.1, -0.05) is 30.3 Å². The number of halogens is 3. The van der Waals surface area contributed by atoms with Crippen molar-refractivity contribution in [2.24, 2.45) is 0 Å². The first kappa shape index (κ1) is 25.3. The summed E-state index contributed by atoms with van der Waals surface area (Å²) in [5, 5.41) is 0. The lowest BCUT2D eigenvalue weighted by Gasteiger charge is -2.22. The number of hydrogen-bond donors (Lipinski definition) is 0. The van der Waals surface area contributed by atoms with Crippen LogP contribution in [0.1, 0.15) is 46.9 Å². The van der Waals surface area contributed by atoms with E-state index in [0.29, 0.717) is 31.2 Å². The molecule has 0 aliphatic carbocycles. The lowest BCUT2D eigenvalue weighted by molar-refractivity contribution is -0.137. The third-order valence-corrected chi connectivity index (χ3v) is 5.25. The zero-order valence-corrected chi connectivity index (χ0v) is 19.4. The number of ether oxygens (including phenoxy) is 1. The Morgan fingerprint density at radius 2 is 1.74 bits per heavy atom. The van der Waals surface area contributed by atoms with E-state index in [0.717, 1.165) is 23.4 Å². The SMILES string of the molecule is CCOc1ccc(CN(Cc2cccc(C(F)(F)F)c2)Cc2nc(C(=O)N(C)CC)co2)cc1. The minimum Gasteiger partial charge on any atom is -0.494 e. The van der Waals surface area contributed by atoms with Gasteiger partial charge in [-0.15, -0.1) is 0 Å². The quantitative estimate of drug-likeness (QED) is 0.394. The average molecular weight is 476 g/mol. The van der Waals surface area contributed by atoms with E-state index < -0.39 is 11.7 Å². The summed E-state index contributed by atoms with van der Waals surface area (Å²) in [5.41, 5.74) is 0.954.